The number of amides is 1. The molecule has 1 N–H and O–H groups in total. The number of carbonyl (C=O) groups is 1. The number of halogens is 1. The first-order valence-corrected chi connectivity index (χ1v) is 12.4. The predicted octanol–water partition coefficient (Wildman–Crippen LogP) is 5.93. The first-order valence-electron chi connectivity index (χ1n) is 11.6. The Bertz CT molecular complexity index is 1100. The highest BCUT2D eigenvalue weighted by molar-refractivity contribution is 9.10. The van der Waals surface area contributed by atoms with Gasteiger partial charge in [-0.25, -0.2) is 0 Å². The summed E-state index contributed by atoms with van der Waals surface area (Å²) >= 11 is 3.65. The lowest BCUT2D eigenvalue weighted by Gasteiger charge is -2.39. The van der Waals surface area contributed by atoms with Crippen LogP contribution in [-0.2, 0) is 6.54 Å². The predicted molar refractivity (Wildman–Crippen MR) is 132 cm³/mol. The van der Waals surface area contributed by atoms with Gasteiger partial charge in [-0.05, 0) is 49.6 Å². The molecule has 3 aromatic carbocycles. The summed E-state index contributed by atoms with van der Waals surface area (Å²) in [6.07, 6.45) is 4.45. The highest BCUT2D eigenvalue weighted by atomic mass is 79.9. The van der Waals surface area contributed by atoms with Crippen molar-refractivity contribution in [3.8, 4) is 5.75 Å². The first kappa shape index (κ1) is 21.5. The van der Waals surface area contributed by atoms with Crippen molar-refractivity contribution < 1.29 is 9.53 Å². The molecular formula is C27H29BrN2O2. The standard InChI is InChI=1S/C27H29BrN2O2/c1-2-32-26-23-11-7-6-10-22(23)25(28)16-24(26)27(31)29-19-14-20-12-13-21(15-19)30(20)17-18-8-4-3-5-9-18/h3-11,16,19-21H,2,12-15,17H2,1H3,(H,29,31). The van der Waals surface area contributed by atoms with E-state index in [0.29, 0.717) is 30.0 Å². The van der Waals surface area contributed by atoms with Crippen LogP contribution in [0.25, 0.3) is 10.8 Å². The van der Waals surface area contributed by atoms with Crippen molar-refractivity contribution in [2.24, 2.45) is 0 Å². The van der Waals surface area contributed by atoms with Gasteiger partial charge in [0.1, 0.15) is 5.75 Å². The summed E-state index contributed by atoms with van der Waals surface area (Å²) in [5.74, 6) is 0.633. The summed E-state index contributed by atoms with van der Waals surface area (Å²) in [6, 6.07) is 21.9. The molecule has 2 heterocycles. The number of nitrogens with zero attached hydrogens (tertiary/aromatic N) is 1. The minimum absolute atomic E-state index is 0.0409. The average molecular weight is 493 g/mol. The molecule has 2 atom stereocenters. The van der Waals surface area contributed by atoms with E-state index in [0.717, 1.165) is 34.6 Å². The number of ether oxygens (including phenoxy) is 1. The van der Waals surface area contributed by atoms with Crippen LogP contribution in [0.3, 0.4) is 0 Å². The average Bonchev–Trinajstić information content (AvgIpc) is 3.03. The van der Waals surface area contributed by atoms with Crippen LogP contribution >= 0.6 is 15.9 Å². The summed E-state index contributed by atoms with van der Waals surface area (Å²) < 4.78 is 6.88. The zero-order chi connectivity index (χ0) is 22.1. The lowest BCUT2D eigenvalue weighted by Crippen LogP contribution is -2.50. The molecule has 166 valence electrons. The van der Waals surface area contributed by atoms with Crippen LogP contribution in [-0.4, -0.2) is 35.5 Å². The Labute approximate surface area is 198 Å². The van der Waals surface area contributed by atoms with Crippen LogP contribution in [0.2, 0.25) is 0 Å². The van der Waals surface area contributed by atoms with Crippen LogP contribution < -0.4 is 10.1 Å². The molecule has 5 rings (SSSR count). The number of hydrogen-bond donors (Lipinski definition) is 1. The SMILES string of the molecule is CCOc1c(C(=O)NC2CC3CCC(C2)N3Cc2ccccc2)cc(Br)c2ccccc12. The number of benzene rings is 3. The molecular weight excluding hydrogens is 464 g/mol. The molecule has 2 aliphatic heterocycles. The summed E-state index contributed by atoms with van der Waals surface area (Å²) in [5, 5.41) is 5.36. The summed E-state index contributed by atoms with van der Waals surface area (Å²) in [7, 11) is 0. The van der Waals surface area contributed by atoms with Crippen LogP contribution in [0, 0.1) is 0 Å². The Balaban J connectivity index is 1.33. The number of rotatable bonds is 6. The Hall–Kier alpha value is -2.37. The van der Waals surface area contributed by atoms with Crippen molar-refractivity contribution in [1.82, 2.24) is 10.2 Å². The van der Waals surface area contributed by atoms with Crippen molar-refractivity contribution in [3.05, 3.63) is 76.3 Å². The molecule has 1 amide bonds. The maximum Gasteiger partial charge on any atom is 0.255 e. The van der Waals surface area contributed by atoms with Gasteiger partial charge in [-0.15, -0.1) is 0 Å². The van der Waals surface area contributed by atoms with Gasteiger partial charge in [-0.1, -0.05) is 70.5 Å². The number of fused-ring (bicyclic) bond motifs is 3. The molecule has 5 heteroatoms. The monoisotopic (exact) mass is 492 g/mol. The van der Waals surface area contributed by atoms with Crippen LogP contribution in [0.15, 0.2) is 65.1 Å². The number of carbonyl (C=O) groups excluding carboxylic acids is 1. The Morgan fingerprint density at radius 1 is 1.03 bits per heavy atom. The maximum atomic E-state index is 13.4. The third-order valence-electron chi connectivity index (χ3n) is 6.91. The molecule has 0 aliphatic carbocycles. The molecule has 2 bridgehead atoms. The third-order valence-corrected chi connectivity index (χ3v) is 7.56. The molecule has 4 nitrogen and oxygen atoms in total. The smallest absolute Gasteiger partial charge is 0.255 e. The Morgan fingerprint density at radius 2 is 1.69 bits per heavy atom. The zero-order valence-corrected chi connectivity index (χ0v) is 20.0. The largest absolute Gasteiger partial charge is 0.492 e. The molecule has 3 aromatic rings. The fourth-order valence-corrected chi connectivity index (χ4v) is 6.06. The van der Waals surface area contributed by atoms with E-state index >= 15 is 0 Å². The molecule has 0 saturated carbocycles. The molecule has 0 radical (unpaired) electrons. The van der Waals surface area contributed by atoms with Gasteiger partial charge in [-0.3, -0.25) is 9.69 Å². The first-order chi connectivity index (χ1) is 15.6. The highest BCUT2D eigenvalue weighted by Crippen LogP contribution is 2.38. The Kier molecular flexibility index (Phi) is 6.20. The Morgan fingerprint density at radius 3 is 2.38 bits per heavy atom. The minimum Gasteiger partial charge on any atom is -0.492 e. The van der Waals surface area contributed by atoms with Gasteiger partial charge in [0.05, 0.1) is 12.2 Å². The van der Waals surface area contributed by atoms with Gasteiger partial charge in [0, 0.05) is 34.5 Å². The van der Waals surface area contributed by atoms with E-state index in [1.165, 1.54) is 18.4 Å². The fraction of sp³-hybridized carbons (Fsp3) is 0.370. The second kappa shape index (κ2) is 9.24. The van der Waals surface area contributed by atoms with Crippen molar-refractivity contribution in [1.29, 1.82) is 0 Å². The van der Waals surface area contributed by atoms with Crippen molar-refractivity contribution in [2.45, 2.75) is 57.3 Å². The summed E-state index contributed by atoms with van der Waals surface area (Å²) in [5.41, 5.74) is 1.98. The highest BCUT2D eigenvalue weighted by Gasteiger charge is 2.41. The van der Waals surface area contributed by atoms with Crippen LogP contribution in [0.4, 0.5) is 0 Å². The maximum absolute atomic E-state index is 13.4. The lowest BCUT2D eigenvalue weighted by atomic mass is 9.96. The quantitative estimate of drug-likeness (QED) is 0.463. The van der Waals surface area contributed by atoms with E-state index in [-0.39, 0.29) is 11.9 Å². The van der Waals surface area contributed by atoms with E-state index < -0.39 is 0 Å². The molecule has 2 unspecified atom stereocenters. The zero-order valence-electron chi connectivity index (χ0n) is 18.4. The molecule has 0 aromatic heterocycles. The number of hydrogen-bond acceptors (Lipinski definition) is 3. The normalized spacial score (nSPS) is 22.8. The van der Waals surface area contributed by atoms with Gasteiger partial charge in [0.15, 0.2) is 0 Å². The molecule has 2 saturated heterocycles. The number of nitrogens with one attached hydrogen (secondary N) is 1. The molecule has 32 heavy (non-hydrogen) atoms. The third kappa shape index (κ3) is 4.16. The van der Waals surface area contributed by atoms with Gasteiger partial charge >= 0.3 is 0 Å². The van der Waals surface area contributed by atoms with Crippen molar-refractivity contribution in [3.63, 3.8) is 0 Å². The van der Waals surface area contributed by atoms with Gasteiger partial charge in [-0.2, -0.15) is 0 Å². The van der Waals surface area contributed by atoms with Gasteiger partial charge < -0.3 is 10.1 Å². The summed E-state index contributed by atoms with van der Waals surface area (Å²) in [6.45, 7) is 3.48. The second-order valence-electron chi connectivity index (χ2n) is 8.90. The second-order valence-corrected chi connectivity index (χ2v) is 9.75. The van der Waals surface area contributed by atoms with E-state index in [1.807, 2.05) is 37.3 Å². The van der Waals surface area contributed by atoms with E-state index in [4.69, 9.17) is 4.74 Å². The summed E-state index contributed by atoms with van der Waals surface area (Å²) in [4.78, 5) is 16.0. The fourth-order valence-electron chi connectivity index (χ4n) is 5.48. The van der Waals surface area contributed by atoms with Gasteiger partial charge in [0.25, 0.3) is 5.91 Å². The molecule has 0 spiro atoms. The van der Waals surface area contributed by atoms with Gasteiger partial charge in [0.2, 0.25) is 0 Å². The van der Waals surface area contributed by atoms with E-state index in [9.17, 15) is 4.79 Å². The molecule has 2 fully saturated rings. The molecule has 2 aliphatic rings. The van der Waals surface area contributed by atoms with E-state index in [1.54, 1.807) is 0 Å². The lowest BCUT2D eigenvalue weighted by molar-refractivity contribution is 0.0825. The number of piperidine rings is 1. The van der Waals surface area contributed by atoms with Crippen LogP contribution in [0.1, 0.15) is 48.5 Å². The van der Waals surface area contributed by atoms with E-state index in [2.05, 4.69) is 56.5 Å². The minimum atomic E-state index is -0.0409. The topological polar surface area (TPSA) is 41.6 Å². The van der Waals surface area contributed by atoms with Crippen LogP contribution in [0.5, 0.6) is 5.75 Å². The van der Waals surface area contributed by atoms with Crippen molar-refractivity contribution >= 4 is 32.6 Å². The van der Waals surface area contributed by atoms with Crippen molar-refractivity contribution in [2.75, 3.05) is 6.61 Å².